The number of nitrogens with two attached hydrogens (primary N) is 1. The first-order valence-electron chi connectivity index (χ1n) is 4.85. The van der Waals surface area contributed by atoms with Crippen LogP contribution in [0, 0.1) is 5.92 Å². The van der Waals surface area contributed by atoms with Gasteiger partial charge in [-0.15, -0.1) is 0 Å². The van der Waals surface area contributed by atoms with Crippen molar-refractivity contribution < 1.29 is 4.79 Å². The van der Waals surface area contributed by atoms with Crippen molar-refractivity contribution in [2.24, 2.45) is 11.7 Å². The maximum atomic E-state index is 11.4. The van der Waals surface area contributed by atoms with Crippen molar-refractivity contribution in [3.8, 4) is 0 Å². The van der Waals surface area contributed by atoms with Crippen molar-refractivity contribution in [2.75, 3.05) is 6.54 Å². The van der Waals surface area contributed by atoms with Gasteiger partial charge in [0.2, 0.25) is 5.91 Å². The molecule has 1 aromatic carbocycles. The zero-order valence-electron chi connectivity index (χ0n) is 8.66. The van der Waals surface area contributed by atoms with Gasteiger partial charge in [0.05, 0.1) is 0 Å². The highest BCUT2D eigenvalue weighted by Gasteiger charge is 2.09. The predicted octanol–water partition coefficient (Wildman–Crippen LogP) is 1.66. The van der Waals surface area contributed by atoms with E-state index in [1.807, 2.05) is 31.2 Å². The van der Waals surface area contributed by atoms with Crippen LogP contribution in [0.1, 0.15) is 12.5 Å². The second-order valence-corrected chi connectivity index (χ2v) is 4.40. The minimum Gasteiger partial charge on any atom is -0.352 e. The van der Waals surface area contributed by atoms with Crippen LogP contribution in [0.25, 0.3) is 0 Å². The van der Waals surface area contributed by atoms with Gasteiger partial charge in [-0.25, -0.2) is 0 Å². The van der Waals surface area contributed by atoms with E-state index in [4.69, 9.17) is 5.73 Å². The Morgan fingerprint density at radius 2 is 2.07 bits per heavy atom. The van der Waals surface area contributed by atoms with Crippen LogP contribution in [-0.2, 0) is 11.3 Å². The minimum absolute atomic E-state index is 0.000388. The molecule has 1 amide bonds. The lowest BCUT2D eigenvalue weighted by Gasteiger charge is -2.09. The molecular weight excluding hydrogens is 256 g/mol. The molecule has 0 saturated carbocycles. The third-order valence-electron chi connectivity index (χ3n) is 2.18. The summed E-state index contributed by atoms with van der Waals surface area (Å²) in [7, 11) is 0. The summed E-state index contributed by atoms with van der Waals surface area (Å²) in [4.78, 5) is 11.4. The number of benzene rings is 1. The number of rotatable bonds is 4. The van der Waals surface area contributed by atoms with Crippen LogP contribution in [0.4, 0.5) is 0 Å². The van der Waals surface area contributed by atoms with Gasteiger partial charge < -0.3 is 11.1 Å². The van der Waals surface area contributed by atoms with E-state index in [0.717, 1.165) is 10.0 Å². The van der Waals surface area contributed by atoms with Crippen molar-refractivity contribution in [2.45, 2.75) is 13.5 Å². The van der Waals surface area contributed by atoms with Crippen LogP contribution in [0.3, 0.4) is 0 Å². The summed E-state index contributed by atoms with van der Waals surface area (Å²) in [5, 5.41) is 2.83. The highest BCUT2D eigenvalue weighted by molar-refractivity contribution is 9.10. The summed E-state index contributed by atoms with van der Waals surface area (Å²) in [6.45, 7) is 2.75. The molecule has 15 heavy (non-hydrogen) atoms. The normalized spacial score (nSPS) is 12.2. The molecule has 1 atom stereocenters. The lowest BCUT2D eigenvalue weighted by molar-refractivity contribution is -0.124. The molecule has 0 aromatic heterocycles. The van der Waals surface area contributed by atoms with Gasteiger partial charge in [-0.3, -0.25) is 4.79 Å². The third kappa shape index (κ3) is 4.01. The molecule has 1 unspecified atom stereocenters. The first-order valence-corrected chi connectivity index (χ1v) is 5.65. The summed E-state index contributed by atoms with van der Waals surface area (Å²) in [5.74, 6) is -0.124. The van der Waals surface area contributed by atoms with Gasteiger partial charge in [-0.2, -0.15) is 0 Å². The Labute approximate surface area is 98.2 Å². The van der Waals surface area contributed by atoms with Crippen molar-refractivity contribution in [3.05, 3.63) is 34.3 Å². The lowest BCUT2D eigenvalue weighted by Crippen LogP contribution is -2.32. The van der Waals surface area contributed by atoms with Gasteiger partial charge >= 0.3 is 0 Å². The Bertz CT molecular complexity index is 324. The van der Waals surface area contributed by atoms with Gasteiger partial charge in [-0.05, 0) is 17.7 Å². The summed E-state index contributed by atoms with van der Waals surface area (Å²) in [5.41, 5.74) is 6.47. The molecule has 1 rings (SSSR count). The zero-order valence-corrected chi connectivity index (χ0v) is 10.3. The number of hydrogen-bond acceptors (Lipinski definition) is 2. The van der Waals surface area contributed by atoms with Crippen LogP contribution < -0.4 is 11.1 Å². The van der Waals surface area contributed by atoms with Crippen LogP contribution in [0.2, 0.25) is 0 Å². The van der Waals surface area contributed by atoms with E-state index in [1.54, 1.807) is 0 Å². The smallest absolute Gasteiger partial charge is 0.224 e. The Morgan fingerprint density at radius 1 is 1.47 bits per heavy atom. The molecule has 0 aliphatic carbocycles. The van der Waals surface area contributed by atoms with E-state index in [-0.39, 0.29) is 11.8 Å². The fraction of sp³-hybridized carbons (Fsp3) is 0.364. The lowest BCUT2D eigenvalue weighted by atomic mass is 10.1. The average Bonchev–Trinajstić information content (AvgIpc) is 2.26. The molecule has 0 bridgehead atoms. The Morgan fingerprint density at radius 3 is 2.60 bits per heavy atom. The molecule has 0 heterocycles. The predicted molar refractivity (Wildman–Crippen MR) is 64.2 cm³/mol. The monoisotopic (exact) mass is 270 g/mol. The van der Waals surface area contributed by atoms with Gasteiger partial charge in [0.25, 0.3) is 0 Å². The van der Waals surface area contributed by atoms with Gasteiger partial charge in [0, 0.05) is 23.5 Å². The Kier molecular flexibility index (Phi) is 4.78. The van der Waals surface area contributed by atoms with Crippen LogP contribution in [-0.4, -0.2) is 12.5 Å². The summed E-state index contributed by atoms with van der Waals surface area (Å²) >= 11 is 3.36. The fourth-order valence-corrected chi connectivity index (χ4v) is 1.34. The maximum absolute atomic E-state index is 11.4. The van der Waals surface area contributed by atoms with Crippen molar-refractivity contribution in [3.63, 3.8) is 0 Å². The molecule has 3 N–H and O–H groups in total. The average molecular weight is 271 g/mol. The summed E-state index contributed by atoms with van der Waals surface area (Å²) in [6, 6.07) is 7.84. The molecule has 4 heteroatoms. The second kappa shape index (κ2) is 5.88. The third-order valence-corrected chi connectivity index (χ3v) is 2.71. The molecule has 0 aliphatic heterocycles. The van der Waals surface area contributed by atoms with Crippen LogP contribution >= 0.6 is 15.9 Å². The Hall–Kier alpha value is -0.870. The van der Waals surface area contributed by atoms with Crippen molar-refractivity contribution >= 4 is 21.8 Å². The molecule has 3 nitrogen and oxygen atoms in total. The van der Waals surface area contributed by atoms with Crippen molar-refractivity contribution in [1.29, 1.82) is 0 Å². The molecule has 0 fully saturated rings. The zero-order chi connectivity index (χ0) is 11.3. The number of nitrogens with one attached hydrogen (secondary N) is 1. The quantitative estimate of drug-likeness (QED) is 0.875. The number of amides is 1. The molecular formula is C11H15BrN2O. The Balaban J connectivity index is 2.43. The first-order chi connectivity index (χ1) is 7.13. The largest absolute Gasteiger partial charge is 0.352 e. The van der Waals surface area contributed by atoms with E-state index in [2.05, 4.69) is 21.2 Å². The molecule has 0 saturated heterocycles. The van der Waals surface area contributed by atoms with E-state index in [1.165, 1.54) is 0 Å². The van der Waals surface area contributed by atoms with Gasteiger partial charge in [0.1, 0.15) is 0 Å². The van der Waals surface area contributed by atoms with Crippen LogP contribution in [0.15, 0.2) is 28.7 Å². The van der Waals surface area contributed by atoms with E-state index >= 15 is 0 Å². The first kappa shape index (κ1) is 12.2. The highest BCUT2D eigenvalue weighted by Crippen LogP contribution is 2.10. The molecule has 1 aromatic rings. The van der Waals surface area contributed by atoms with Crippen LogP contribution in [0.5, 0.6) is 0 Å². The molecule has 0 radical (unpaired) electrons. The molecule has 0 spiro atoms. The number of hydrogen-bond donors (Lipinski definition) is 2. The summed E-state index contributed by atoms with van der Waals surface area (Å²) < 4.78 is 1.04. The van der Waals surface area contributed by atoms with Gasteiger partial charge in [-0.1, -0.05) is 35.0 Å². The summed E-state index contributed by atoms with van der Waals surface area (Å²) in [6.07, 6.45) is 0. The number of halogens is 1. The van der Waals surface area contributed by atoms with E-state index < -0.39 is 0 Å². The number of carbonyl (C=O) groups is 1. The highest BCUT2D eigenvalue weighted by atomic mass is 79.9. The second-order valence-electron chi connectivity index (χ2n) is 3.48. The topological polar surface area (TPSA) is 55.1 Å². The van der Waals surface area contributed by atoms with Crippen molar-refractivity contribution in [1.82, 2.24) is 5.32 Å². The maximum Gasteiger partial charge on any atom is 0.224 e. The SMILES string of the molecule is CC(CN)C(=O)NCc1ccc(Br)cc1. The van der Waals surface area contributed by atoms with Gasteiger partial charge in [0.15, 0.2) is 0 Å². The fourth-order valence-electron chi connectivity index (χ4n) is 1.07. The molecule has 82 valence electrons. The minimum atomic E-state index is -0.125. The van der Waals surface area contributed by atoms with E-state index in [0.29, 0.717) is 13.1 Å². The standard InChI is InChI=1S/C11H15BrN2O/c1-8(6-13)11(15)14-7-9-2-4-10(12)5-3-9/h2-5,8H,6-7,13H2,1H3,(H,14,15). The number of carbonyl (C=O) groups excluding carboxylic acids is 1. The van der Waals surface area contributed by atoms with E-state index in [9.17, 15) is 4.79 Å². The molecule has 0 aliphatic rings.